The molecular weight excluding hydrogens is 500 g/mol. The Balaban J connectivity index is 2.19. The van der Waals surface area contributed by atoms with Crippen molar-refractivity contribution < 1.29 is 27.4 Å². The van der Waals surface area contributed by atoms with Crippen molar-refractivity contribution in [3.05, 3.63) is 56.7 Å². The Labute approximate surface area is 180 Å². The fraction of sp³-hybridized carbons (Fsp3) is 0.300. The summed E-state index contributed by atoms with van der Waals surface area (Å²) < 4.78 is 51.2. The Morgan fingerprint density at radius 2 is 1.93 bits per heavy atom. The molecule has 2 rings (SSSR count). The molecule has 0 spiro atoms. The SMILES string of the molecule is CCCOc1c(I)cc(/C=N/NC(=O)c2ccccc2C(F)(F)F)cc1OCC. The Bertz CT molecular complexity index is 886. The predicted octanol–water partition coefficient (Wildman–Crippen LogP) is 5.26. The third-order valence-electron chi connectivity index (χ3n) is 3.64. The molecule has 9 heteroatoms. The summed E-state index contributed by atoms with van der Waals surface area (Å²) in [7, 11) is 0. The Hall–Kier alpha value is -2.30. The van der Waals surface area contributed by atoms with Gasteiger partial charge in [0.2, 0.25) is 0 Å². The van der Waals surface area contributed by atoms with Crippen LogP contribution in [0, 0.1) is 3.57 Å². The number of alkyl halides is 3. The summed E-state index contributed by atoms with van der Waals surface area (Å²) in [6.45, 7) is 4.81. The molecule has 2 aromatic rings. The lowest BCUT2D eigenvalue weighted by Gasteiger charge is -2.14. The molecule has 0 aromatic heterocycles. The molecule has 0 bridgehead atoms. The number of nitrogens with zero attached hydrogens (tertiary/aromatic N) is 1. The number of rotatable bonds is 8. The van der Waals surface area contributed by atoms with Gasteiger partial charge in [0.05, 0.1) is 34.1 Å². The first kappa shape index (κ1) is 23.0. The van der Waals surface area contributed by atoms with Crippen molar-refractivity contribution in [1.29, 1.82) is 0 Å². The number of nitrogens with one attached hydrogen (secondary N) is 1. The van der Waals surface area contributed by atoms with E-state index < -0.39 is 23.2 Å². The molecule has 0 saturated heterocycles. The number of carbonyl (C=O) groups excluding carboxylic acids is 1. The monoisotopic (exact) mass is 520 g/mol. The fourth-order valence-corrected chi connectivity index (χ4v) is 3.20. The van der Waals surface area contributed by atoms with Crippen molar-refractivity contribution in [2.75, 3.05) is 13.2 Å². The number of halogens is 4. The van der Waals surface area contributed by atoms with Crippen LogP contribution < -0.4 is 14.9 Å². The zero-order valence-corrected chi connectivity index (χ0v) is 18.0. The van der Waals surface area contributed by atoms with E-state index in [-0.39, 0.29) is 0 Å². The second-order valence-electron chi connectivity index (χ2n) is 5.85. The van der Waals surface area contributed by atoms with Crippen molar-refractivity contribution >= 4 is 34.7 Å². The summed E-state index contributed by atoms with van der Waals surface area (Å²) in [6.07, 6.45) is -2.45. The van der Waals surface area contributed by atoms with Crippen LogP contribution in [-0.4, -0.2) is 25.3 Å². The molecule has 1 amide bonds. The van der Waals surface area contributed by atoms with Crippen LogP contribution in [0.2, 0.25) is 0 Å². The molecule has 0 atom stereocenters. The molecule has 0 unspecified atom stereocenters. The number of amides is 1. The first-order valence-corrected chi connectivity index (χ1v) is 9.94. The molecule has 0 aliphatic carbocycles. The second-order valence-corrected chi connectivity index (χ2v) is 7.02. The number of benzene rings is 2. The van der Waals surface area contributed by atoms with Gasteiger partial charge in [-0.05, 0) is 65.8 Å². The van der Waals surface area contributed by atoms with Crippen LogP contribution in [-0.2, 0) is 6.18 Å². The maximum absolute atomic E-state index is 13.0. The zero-order chi connectivity index (χ0) is 21.4. The number of hydrogen-bond acceptors (Lipinski definition) is 4. The van der Waals surface area contributed by atoms with E-state index in [0.29, 0.717) is 30.3 Å². The highest BCUT2D eigenvalue weighted by molar-refractivity contribution is 14.1. The lowest BCUT2D eigenvalue weighted by atomic mass is 10.1. The number of hydrogen-bond donors (Lipinski definition) is 1. The van der Waals surface area contributed by atoms with E-state index in [0.717, 1.165) is 22.1 Å². The van der Waals surface area contributed by atoms with Gasteiger partial charge in [0, 0.05) is 0 Å². The number of carbonyl (C=O) groups is 1. The van der Waals surface area contributed by atoms with E-state index in [4.69, 9.17) is 9.47 Å². The zero-order valence-electron chi connectivity index (χ0n) is 15.8. The van der Waals surface area contributed by atoms with Gasteiger partial charge in [-0.1, -0.05) is 19.1 Å². The summed E-state index contributed by atoms with van der Waals surface area (Å²) in [4.78, 5) is 12.1. The lowest BCUT2D eigenvalue weighted by molar-refractivity contribution is -0.137. The molecule has 0 saturated carbocycles. The van der Waals surface area contributed by atoms with Gasteiger partial charge in [-0.3, -0.25) is 4.79 Å². The van der Waals surface area contributed by atoms with Gasteiger partial charge >= 0.3 is 6.18 Å². The minimum atomic E-state index is -4.63. The molecule has 0 fully saturated rings. The van der Waals surface area contributed by atoms with Crippen molar-refractivity contribution in [3.8, 4) is 11.5 Å². The topological polar surface area (TPSA) is 59.9 Å². The number of ether oxygens (including phenoxy) is 2. The van der Waals surface area contributed by atoms with E-state index in [9.17, 15) is 18.0 Å². The smallest absolute Gasteiger partial charge is 0.417 e. The standard InChI is InChI=1S/C20H20F3IN2O3/c1-3-9-29-18-16(24)10-13(11-17(18)28-4-2)12-25-26-19(27)14-7-5-6-8-15(14)20(21,22)23/h5-8,10-12H,3-4,9H2,1-2H3,(H,26,27)/b25-12+. The summed E-state index contributed by atoms with van der Waals surface area (Å²) >= 11 is 2.10. The highest BCUT2D eigenvalue weighted by atomic mass is 127. The summed E-state index contributed by atoms with van der Waals surface area (Å²) in [5.74, 6) is 0.203. The van der Waals surface area contributed by atoms with Crippen molar-refractivity contribution in [2.24, 2.45) is 5.10 Å². The van der Waals surface area contributed by atoms with Gasteiger partial charge < -0.3 is 9.47 Å². The maximum atomic E-state index is 13.0. The molecule has 0 aliphatic rings. The molecule has 5 nitrogen and oxygen atoms in total. The first-order chi connectivity index (χ1) is 13.8. The van der Waals surface area contributed by atoms with Crippen molar-refractivity contribution in [1.82, 2.24) is 5.43 Å². The molecule has 0 radical (unpaired) electrons. The predicted molar refractivity (Wildman–Crippen MR) is 113 cm³/mol. The summed E-state index contributed by atoms with van der Waals surface area (Å²) in [5, 5.41) is 3.78. The Morgan fingerprint density at radius 1 is 1.21 bits per heavy atom. The van der Waals surface area contributed by atoms with Gasteiger partial charge in [-0.15, -0.1) is 0 Å². The van der Waals surface area contributed by atoms with Crippen LogP contribution in [0.5, 0.6) is 11.5 Å². The second kappa shape index (κ2) is 10.5. The van der Waals surface area contributed by atoms with Gasteiger partial charge in [0.15, 0.2) is 11.5 Å². The van der Waals surface area contributed by atoms with Crippen LogP contribution in [0.25, 0.3) is 0 Å². The average molecular weight is 520 g/mol. The number of hydrazone groups is 1. The molecule has 29 heavy (non-hydrogen) atoms. The quantitative estimate of drug-likeness (QED) is 0.294. The molecule has 156 valence electrons. The minimum absolute atomic E-state index is 0.435. The normalized spacial score (nSPS) is 11.5. The summed E-state index contributed by atoms with van der Waals surface area (Å²) in [5.41, 5.74) is 1.23. The van der Waals surface area contributed by atoms with Gasteiger partial charge in [0.25, 0.3) is 5.91 Å². The highest BCUT2D eigenvalue weighted by Gasteiger charge is 2.34. The average Bonchev–Trinajstić information content (AvgIpc) is 2.67. The van der Waals surface area contributed by atoms with Crippen LogP contribution in [0.4, 0.5) is 13.2 Å². The van der Waals surface area contributed by atoms with Gasteiger partial charge in [0.1, 0.15) is 0 Å². The van der Waals surface area contributed by atoms with Crippen LogP contribution in [0.1, 0.15) is 41.8 Å². The van der Waals surface area contributed by atoms with E-state index in [1.165, 1.54) is 18.3 Å². The maximum Gasteiger partial charge on any atom is 0.417 e. The van der Waals surface area contributed by atoms with Gasteiger partial charge in [-0.2, -0.15) is 18.3 Å². The molecule has 2 aromatic carbocycles. The van der Waals surface area contributed by atoms with Crippen LogP contribution in [0.3, 0.4) is 0 Å². The Morgan fingerprint density at radius 3 is 2.59 bits per heavy atom. The third kappa shape index (κ3) is 6.34. The third-order valence-corrected chi connectivity index (χ3v) is 4.44. The van der Waals surface area contributed by atoms with E-state index >= 15 is 0 Å². The van der Waals surface area contributed by atoms with Crippen molar-refractivity contribution in [3.63, 3.8) is 0 Å². The van der Waals surface area contributed by atoms with Crippen LogP contribution >= 0.6 is 22.6 Å². The van der Waals surface area contributed by atoms with E-state index in [1.807, 2.05) is 13.8 Å². The van der Waals surface area contributed by atoms with E-state index in [2.05, 4.69) is 33.1 Å². The van der Waals surface area contributed by atoms with Gasteiger partial charge in [-0.25, -0.2) is 5.43 Å². The lowest BCUT2D eigenvalue weighted by Crippen LogP contribution is -2.22. The summed E-state index contributed by atoms with van der Waals surface area (Å²) in [6, 6.07) is 8.00. The molecular formula is C20H20F3IN2O3. The molecule has 0 heterocycles. The minimum Gasteiger partial charge on any atom is -0.490 e. The first-order valence-electron chi connectivity index (χ1n) is 8.86. The fourth-order valence-electron chi connectivity index (χ4n) is 2.42. The molecule has 0 aliphatic heterocycles. The molecule has 1 N–H and O–H groups in total. The Kier molecular flexibility index (Phi) is 8.30. The van der Waals surface area contributed by atoms with E-state index in [1.54, 1.807) is 12.1 Å². The highest BCUT2D eigenvalue weighted by Crippen LogP contribution is 2.34. The van der Waals surface area contributed by atoms with Crippen molar-refractivity contribution in [2.45, 2.75) is 26.4 Å². The van der Waals surface area contributed by atoms with Crippen LogP contribution in [0.15, 0.2) is 41.5 Å². The largest absolute Gasteiger partial charge is 0.490 e.